The summed E-state index contributed by atoms with van der Waals surface area (Å²) in [6, 6.07) is 7.55. The van der Waals surface area contributed by atoms with Crippen molar-refractivity contribution >= 4 is 6.21 Å². The quantitative estimate of drug-likeness (QED) is 0.412. The highest BCUT2D eigenvalue weighted by molar-refractivity contribution is 5.85. The molecule has 2 aromatic carbocycles. The van der Waals surface area contributed by atoms with E-state index >= 15 is 0 Å². The van der Waals surface area contributed by atoms with E-state index < -0.39 is 5.82 Å². The maximum absolute atomic E-state index is 14.6. The summed E-state index contributed by atoms with van der Waals surface area (Å²) in [5.41, 5.74) is 6.04. The summed E-state index contributed by atoms with van der Waals surface area (Å²) in [5.74, 6) is -0.261. The minimum Gasteiger partial charge on any atom is -0.493 e. The summed E-state index contributed by atoms with van der Waals surface area (Å²) in [4.78, 5) is 0. The van der Waals surface area contributed by atoms with Crippen LogP contribution in [0.2, 0.25) is 0 Å². The van der Waals surface area contributed by atoms with Crippen LogP contribution in [0.15, 0.2) is 29.4 Å². The van der Waals surface area contributed by atoms with Gasteiger partial charge in [-0.1, -0.05) is 38.9 Å². The molecule has 0 radical (unpaired) electrons. The molecule has 0 atom stereocenters. The Kier molecular flexibility index (Phi) is 4.79. The van der Waals surface area contributed by atoms with Gasteiger partial charge in [0.15, 0.2) is 11.6 Å². The summed E-state index contributed by atoms with van der Waals surface area (Å²) < 4.78 is 20.0. The molecule has 4 heteroatoms. The largest absolute Gasteiger partial charge is 0.493 e. The molecule has 0 unspecified atom stereocenters. The molecule has 0 bridgehead atoms. The lowest BCUT2D eigenvalue weighted by Gasteiger charge is -2.42. The van der Waals surface area contributed by atoms with Gasteiger partial charge in [0.1, 0.15) is 0 Å². The van der Waals surface area contributed by atoms with Gasteiger partial charge in [0.05, 0.1) is 13.3 Å². The zero-order valence-electron chi connectivity index (χ0n) is 17.0. The third-order valence-electron chi connectivity index (χ3n) is 5.96. The molecule has 0 heterocycles. The van der Waals surface area contributed by atoms with Crippen LogP contribution < -0.4 is 4.74 Å². The first kappa shape index (κ1) is 19.4. The van der Waals surface area contributed by atoms with Gasteiger partial charge < -0.3 is 9.94 Å². The van der Waals surface area contributed by atoms with Crippen LogP contribution >= 0.6 is 0 Å². The van der Waals surface area contributed by atoms with Gasteiger partial charge in [-0.15, -0.1) is 0 Å². The summed E-state index contributed by atoms with van der Waals surface area (Å²) in [6.07, 6.45) is 3.48. The first-order valence-corrected chi connectivity index (χ1v) is 9.31. The van der Waals surface area contributed by atoms with Crippen molar-refractivity contribution in [2.75, 3.05) is 7.11 Å². The lowest BCUT2D eigenvalue weighted by Crippen LogP contribution is -2.34. The van der Waals surface area contributed by atoms with Gasteiger partial charge in [-0.25, -0.2) is 4.39 Å². The van der Waals surface area contributed by atoms with Gasteiger partial charge in [-0.2, -0.15) is 0 Å². The Balaban J connectivity index is 2.31. The average molecular weight is 369 g/mol. The van der Waals surface area contributed by atoms with E-state index in [4.69, 9.17) is 9.94 Å². The van der Waals surface area contributed by atoms with Gasteiger partial charge >= 0.3 is 0 Å². The SMILES string of the molecule is COc1c(F)cc(C=NO)cc1-c1cc2c(cc1C)C(C)(C)CCC2(C)C. The van der Waals surface area contributed by atoms with Gasteiger partial charge in [-0.05, 0) is 76.6 Å². The third-order valence-corrected chi connectivity index (χ3v) is 5.96. The van der Waals surface area contributed by atoms with Crippen LogP contribution in [-0.4, -0.2) is 18.5 Å². The number of benzene rings is 2. The van der Waals surface area contributed by atoms with Gasteiger partial charge in [0.25, 0.3) is 0 Å². The Labute approximate surface area is 160 Å². The summed E-state index contributed by atoms with van der Waals surface area (Å²) in [5, 5.41) is 11.9. The van der Waals surface area contributed by atoms with Gasteiger partial charge in [0, 0.05) is 5.56 Å². The Bertz CT molecular complexity index is 913. The number of aryl methyl sites for hydroxylation is 1. The Hall–Kier alpha value is -2.36. The van der Waals surface area contributed by atoms with Crippen molar-refractivity contribution in [2.45, 2.75) is 58.3 Å². The molecule has 3 rings (SSSR count). The van der Waals surface area contributed by atoms with Crippen molar-refractivity contribution in [2.24, 2.45) is 5.16 Å². The van der Waals surface area contributed by atoms with E-state index in [0.29, 0.717) is 11.1 Å². The normalized spacial score (nSPS) is 17.7. The number of oxime groups is 1. The number of nitrogens with zero attached hydrogens (tertiary/aromatic N) is 1. The predicted octanol–water partition coefficient (Wildman–Crippen LogP) is 5.97. The molecule has 0 saturated heterocycles. The predicted molar refractivity (Wildman–Crippen MR) is 108 cm³/mol. The fraction of sp³-hybridized carbons (Fsp3) is 0.435. The Morgan fingerprint density at radius 3 is 2.15 bits per heavy atom. The van der Waals surface area contributed by atoms with E-state index in [-0.39, 0.29) is 16.6 Å². The fourth-order valence-corrected chi connectivity index (χ4v) is 4.18. The zero-order chi connectivity index (χ0) is 20.0. The minimum absolute atomic E-state index is 0.0588. The minimum atomic E-state index is -0.471. The van der Waals surface area contributed by atoms with E-state index in [1.807, 2.05) is 0 Å². The van der Waals surface area contributed by atoms with Crippen LogP contribution in [-0.2, 0) is 10.8 Å². The molecule has 0 aromatic heterocycles. The highest BCUT2D eigenvalue weighted by Gasteiger charge is 2.37. The molecule has 0 amide bonds. The number of halogens is 1. The maximum atomic E-state index is 14.6. The molecular formula is C23H28FNO2. The molecule has 0 saturated carbocycles. The van der Waals surface area contributed by atoms with E-state index in [1.165, 1.54) is 30.5 Å². The number of hydrogen-bond acceptors (Lipinski definition) is 3. The molecule has 1 aliphatic carbocycles. The van der Waals surface area contributed by atoms with Crippen molar-refractivity contribution in [1.29, 1.82) is 0 Å². The van der Waals surface area contributed by atoms with Crippen LogP contribution in [0.25, 0.3) is 11.1 Å². The van der Waals surface area contributed by atoms with Gasteiger partial charge in [-0.3, -0.25) is 0 Å². The molecule has 2 aromatic rings. The number of hydrogen-bond donors (Lipinski definition) is 1. The molecule has 1 aliphatic rings. The topological polar surface area (TPSA) is 41.8 Å². The molecule has 0 fully saturated rings. The van der Waals surface area contributed by atoms with Crippen molar-refractivity contribution in [1.82, 2.24) is 0 Å². The van der Waals surface area contributed by atoms with E-state index in [9.17, 15) is 4.39 Å². The van der Waals surface area contributed by atoms with Crippen molar-refractivity contribution < 1.29 is 14.3 Å². The molecule has 144 valence electrons. The number of rotatable bonds is 3. The van der Waals surface area contributed by atoms with E-state index in [2.05, 4.69) is 51.9 Å². The van der Waals surface area contributed by atoms with Crippen LogP contribution in [0, 0.1) is 12.7 Å². The summed E-state index contributed by atoms with van der Waals surface area (Å²) in [7, 11) is 1.47. The number of fused-ring (bicyclic) bond motifs is 1. The highest BCUT2D eigenvalue weighted by Crippen LogP contribution is 2.48. The lowest BCUT2D eigenvalue weighted by molar-refractivity contribution is 0.322. The first-order valence-electron chi connectivity index (χ1n) is 9.31. The summed E-state index contributed by atoms with van der Waals surface area (Å²) >= 11 is 0. The first-order chi connectivity index (χ1) is 12.6. The van der Waals surface area contributed by atoms with Crippen molar-refractivity contribution in [3.05, 3.63) is 52.3 Å². The van der Waals surface area contributed by atoms with Crippen LogP contribution in [0.4, 0.5) is 4.39 Å². The van der Waals surface area contributed by atoms with Crippen molar-refractivity contribution in [3.8, 4) is 16.9 Å². The molecule has 1 N–H and O–H groups in total. The second-order valence-corrected chi connectivity index (χ2v) is 8.81. The molecule has 3 nitrogen and oxygen atoms in total. The van der Waals surface area contributed by atoms with Crippen LogP contribution in [0.3, 0.4) is 0 Å². The standard InChI is InChI=1S/C23H28FNO2/c1-14-9-18-19(23(4,5)8-7-22(18,2)3)12-16(14)17-10-15(13-25-26)11-20(24)21(17)27-6/h9-13,26H,7-8H2,1-6H3. The van der Waals surface area contributed by atoms with Crippen LogP contribution in [0.5, 0.6) is 5.75 Å². The van der Waals surface area contributed by atoms with E-state index in [0.717, 1.165) is 24.0 Å². The highest BCUT2D eigenvalue weighted by atomic mass is 19.1. The molecule has 0 aliphatic heterocycles. The number of ether oxygens (including phenoxy) is 1. The fourth-order valence-electron chi connectivity index (χ4n) is 4.18. The zero-order valence-corrected chi connectivity index (χ0v) is 17.0. The number of methoxy groups -OCH3 is 1. The molecule has 27 heavy (non-hydrogen) atoms. The summed E-state index contributed by atoms with van der Waals surface area (Å²) in [6.45, 7) is 11.2. The smallest absolute Gasteiger partial charge is 0.166 e. The second-order valence-electron chi connectivity index (χ2n) is 8.81. The molecular weight excluding hydrogens is 341 g/mol. The van der Waals surface area contributed by atoms with Crippen LogP contribution in [0.1, 0.15) is 62.8 Å². The lowest BCUT2D eigenvalue weighted by atomic mass is 9.62. The monoisotopic (exact) mass is 369 g/mol. The molecule has 0 spiro atoms. The van der Waals surface area contributed by atoms with Crippen molar-refractivity contribution in [3.63, 3.8) is 0 Å². The second kappa shape index (κ2) is 6.66. The maximum Gasteiger partial charge on any atom is 0.166 e. The Morgan fingerprint density at radius 1 is 1.00 bits per heavy atom. The Morgan fingerprint density at radius 2 is 1.59 bits per heavy atom. The van der Waals surface area contributed by atoms with E-state index in [1.54, 1.807) is 6.07 Å². The van der Waals surface area contributed by atoms with Gasteiger partial charge in [0.2, 0.25) is 0 Å². The third kappa shape index (κ3) is 3.33. The average Bonchev–Trinajstić information content (AvgIpc) is 2.59.